The fourth-order valence-electron chi connectivity index (χ4n) is 2.14. The molecule has 2 aromatic rings. The van der Waals surface area contributed by atoms with Gasteiger partial charge in [0.25, 0.3) is 5.91 Å². The van der Waals surface area contributed by atoms with Crippen molar-refractivity contribution in [3.63, 3.8) is 0 Å². The second-order valence-corrected chi connectivity index (χ2v) is 5.66. The molecule has 1 N–H and O–H groups in total. The number of rotatable bonds is 6. The maximum absolute atomic E-state index is 11.9. The van der Waals surface area contributed by atoms with E-state index in [1.54, 1.807) is 0 Å². The van der Waals surface area contributed by atoms with E-state index < -0.39 is 0 Å². The van der Waals surface area contributed by atoms with Gasteiger partial charge in [-0.1, -0.05) is 56.3 Å². The summed E-state index contributed by atoms with van der Waals surface area (Å²) in [5, 5.41) is 4.26. The van der Waals surface area contributed by atoms with Crippen LogP contribution in [0.15, 0.2) is 59.7 Å². The summed E-state index contributed by atoms with van der Waals surface area (Å²) >= 11 is 0. The van der Waals surface area contributed by atoms with E-state index >= 15 is 0 Å². The van der Waals surface area contributed by atoms with Gasteiger partial charge in [-0.2, -0.15) is 5.10 Å². The molecular formula is C19H22N2O2. The van der Waals surface area contributed by atoms with E-state index in [0.717, 1.165) is 16.8 Å². The Morgan fingerprint density at radius 3 is 2.52 bits per heavy atom. The predicted molar refractivity (Wildman–Crippen MR) is 92.6 cm³/mol. The molecule has 1 amide bonds. The number of amides is 1. The molecule has 0 spiro atoms. The van der Waals surface area contributed by atoms with Gasteiger partial charge in [0.2, 0.25) is 0 Å². The number of nitrogens with zero attached hydrogens (tertiary/aromatic N) is 1. The van der Waals surface area contributed by atoms with Crippen LogP contribution in [0.1, 0.15) is 25.0 Å². The fourth-order valence-corrected chi connectivity index (χ4v) is 2.14. The first-order valence-corrected chi connectivity index (χ1v) is 7.67. The quantitative estimate of drug-likeness (QED) is 0.655. The summed E-state index contributed by atoms with van der Waals surface area (Å²) in [6.45, 7) is 6.00. The lowest BCUT2D eigenvalue weighted by Gasteiger charge is -2.11. The number of nitrogens with one attached hydrogen (secondary N) is 1. The molecule has 0 unspecified atom stereocenters. The third kappa shape index (κ3) is 5.25. The van der Waals surface area contributed by atoms with Crippen molar-refractivity contribution < 1.29 is 9.53 Å². The molecule has 0 fully saturated rings. The van der Waals surface area contributed by atoms with Crippen LogP contribution in [0.2, 0.25) is 0 Å². The molecule has 0 saturated carbocycles. The van der Waals surface area contributed by atoms with Gasteiger partial charge in [0.05, 0.1) is 5.71 Å². The van der Waals surface area contributed by atoms with Gasteiger partial charge < -0.3 is 4.74 Å². The van der Waals surface area contributed by atoms with Crippen LogP contribution in [0.5, 0.6) is 5.75 Å². The molecule has 0 saturated heterocycles. The van der Waals surface area contributed by atoms with Gasteiger partial charge in [0, 0.05) is 0 Å². The van der Waals surface area contributed by atoms with Gasteiger partial charge in [0.1, 0.15) is 5.75 Å². The largest absolute Gasteiger partial charge is 0.484 e. The highest BCUT2D eigenvalue weighted by molar-refractivity contribution is 6.02. The van der Waals surface area contributed by atoms with E-state index in [1.807, 2.05) is 75.4 Å². The lowest BCUT2D eigenvalue weighted by atomic mass is 10.0. The Bertz CT molecular complexity index is 679. The minimum Gasteiger partial charge on any atom is -0.484 e. The highest BCUT2D eigenvalue weighted by Gasteiger charge is 2.09. The number of benzene rings is 2. The van der Waals surface area contributed by atoms with Gasteiger partial charge >= 0.3 is 0 Å². The zero-order valence-corrected chi connectivity index (χ0v) is 13.7. The fraction of sp³-hybridized carbons (Fsp3) is 0.263. The second kappa shape index (κ2) is 8.13. The van der Waals surface area contributed by atoms with E-state index in [1.165, 1.54) is 0 Å². The monoisotopic (exact) mass is 310 g/mol. The van der Waals surface area contributed by atoms with Crippen molar-refractivity contribution in [2.24, 2.45) is 11.0 Å². The highest BCUT2D eigenvalue weighted by atomic mass is 16.5. The molecule has 4 heteroatoms. The van der Waals surface area contributed by atoms with Crippen LogP contribution < -0.4 is 10.2 Å². The van der Waals surface area contributed by atoms with Crippen LogP contribution >= 0.6 is 0 Å². The molecule has 2 aromatic carbocycles. The Labute approximate surface area is 137 Å². The summed E-state index contributed by atoms with van der Waals surface area (Å²) < 4.78 is 5.47. The van der Waals surface area contributed by atoms with Crippen LogP contribution in [0.3, 0.4) is 0 Å². The molecule has 2 rings (SSSR count). The summed E-state index contributed by atoms with van der Waals surface area (Å²) in [5.41, 5.74) is 5.51. The minimum atomic E-state index is -0.277. The van der Waals surface area contributed by atoms with Gasteiger partial charge in [-0.3, -0.25) is 4.79 Å². The molecule has 23 heavy (non-hydrogen) atoms. The van der Waals surface area contributed by atoms with Gasteiger partial charge in [0.15, 0.2) is 6.61 Å². The number of ether oxygens (including phenoxy) is 1. The highest BCUT2D eigenvalue weighted by Crippen LogP contribution is 2.12. The topological polar surface area (TPSA) is 50.7 Å². The van der Waals surface area contributed by atoms with Gasteiger partial charge in [-0.15, -0.1) is 0 Å². The lowest BCUT2D eigenvalue weighted by molar-refractivity contribution is -0.123. The van der Waals surface area contributed by atoms with Crippen LogP contribution in [0.4, 0.5) is 0 Å². The van der Waals surface area contributed by atoms with Crippen LogP contribution in [-0.4, -0.2) is 18.2 Å². The van der Waals surface area contributed by atoms with Crippen molar-refractivity contribution in [1.29, 1.82) is 0 Å². The number of aryl methyl sites for hydroxylation is 1. The predicted octanol–water partition coefficient (Wildman–Crippen LogP) is 3.55. The Morgan fingerprint density at radius 1 is 1.13 bits per heavy atom. The zero-order valence-electron chi connectivity index (χ0n) is 13.7. The number of hydrazone groups is 1. The smallest absolute Gasteiger partial charge is 0.277 e. The summed E-state index contributed by atoms with van der Waals surface area (Å²) in [4.78, 5) is 11.9. The third-order valence-corrected chi connectivity index (χ3v) is 3.28. The zero-order chi connectivity index (χ0) is 16.7. The molecular weight excluding hydrogens is 288 g/mol. The molecule has 120 valence electrons. The lowest BCUT2D eigenvalue weighted by Crippen LogP contribution is -2.27. The summed E-state index contributed by atoms with van der Waals surface area (Å²) in [6, 6.07) is 17.4. The molecule has 4 nitrogen and oxygen atoms in total. The maximum Gasteiger partial charge on any atom is 0.277 e. The number of hydrogen-bond acceptors (Lipinski definition) is 3. The minimum absolute atomic E-state index is 0.0624. The summed E-state index contributed by atoms with van der Waals surface area (Å²) in [7, 11) is 0. The third-order valence-electron chi connectivity index (χ3n) is 3.28. The first-order chi connectivity index (χ1) is 11.1. The van der Waals surface area contributed by atoms with Crippen molar-refractivity contribution in [3.05, 3.63) is 65.7 Å². The number of carbonyl (C=O) groups excluding carboxylic acids is 1. The molecule has 0 aliphatic carbocycles. The molecule has 0 bridgehead atoms. The standard InChI is InChI=1S/C19H22N2O2/c1-14(2)19(16-9-5-4-6-10-16)21-20-18(22)13-23-17-11-7-8-15(3)12-17/h4-12,14H,13H2,1-3H3,(H,20,22)/b21-19+. The van der Waals surface area contributed by atoms with E-state index in [2.05, 4.69) is 10.5 Å². The van der Waals surface area contributed by atoms with Crippen LogP contribution in [0.25, 0.3) is 0 Å². The molecule has 0 radical (unpaired) electrons. The Morgan fingerprint density at radius 2 is 1.87 bits per heavy atom. The average Bonchev–Trinajstić information content (AvgIpc) is 2.54. The molecule has 0 atom stereocenters. The summed E-state index contributed by atoms with van der Waals surface area (Å²) in [5.74, 6) is 0.604. The molecule has 0 aliphatic rings. The summed E-state index contributed by atoms with van der Waals surface area (Å²) in [6.07, 6.45) is 0. The second-order valence-electron chi connectivity index (χ2n) is 5.66. The average molecular weight is 310 g/mol. The first-order valence-electron chi connectivity index (χ1n) is 7.67. The molecule has 0 heterocycles. The van der Waals surface area contributed by atoms with Crippen molar-refractivity contribution in [2.45, 2.75) is 20.8 Å². The maximum atomic E-state index is 11.9. The van der Waals surface area contributed by atoms with Gasteiger partial charge in [-0.05, 0) is 36.1 Å². The normalized spacial score (nSPS) is 11.4. The number of carbonyl (C=O) groups is 1. The SMILES string of the molecule is Cc1cccc(OCC(=O)N/N=C(/c2ccccc2)C(C)C)c1. The van der Waals surface area contributed by atoms with Crippen molar-refractivity contribution in [2.75, 3.05) is 6.61 Å². The van der Waals surface area contributed by atoms with Gasteiger partial charge in [-0.25, -0.2) is 5.43 Å². The Balaban J connectivity index is 1.95. The molecule has 0 aromatic heterocycles. The first kappa shape index (κ1) is 16.7. The van der Waals surface area contributed by atoms with Crippen LogP contribution in [0, 0.1) is 12.8 Å². The number of hydrogen-bond donors (Lipinski definition) is 1. The van der Waals surface area contributed by atoms with E-state index in [-0.39, 0.29) is 18.4 Å². The Hall–Kier alpha value is -2.62. The van der Waals surface area contributed by atoms with E-state index in [0.29, 0.717) is 5.75 Å². The van der Waals surface area contributed by atoms with E-state index in [9.17, 15) is 4.79 Å². The van der Waals surface area contributed by atoms with Crippen molar-refractivity contribution in [1.82, 2.24) is 5.43 Å². The van der Waals surface area contributed by atoms with Crippen molar-refractivity contribution >= 4 is 11.6 Å². The Kier molecular flexibility index (Phi) is 5.92. The van der Waals surface area contributed by atoms with Crippen molar-refractivity contribution in [3.8, 4) is 5.75 Å². The van der Waals surface area contributed by atoms with E-state index in [4.69, 9.17) is 4.74 Å². The van der Waals surface area contributed by atoms with Crippen LogP contribution in [-0.2, 0) is 4.79 Å². The molecule has 0 aliphatic heterocycles.